The summed E-state index contributed by atoms with van der Waals surface area (Å²) in [5, 5.41) is 3.73. The van der Waals surface area contributed by atoms with Crippen LogP contribution in [0.1, 0.15) is 32.6 Å². The van der Waals surface area contributed by atoms with Crippen LogP contribution >= 0.6 is 11.8 Å². The van der Waals surface area contributed by atoms with Crippen molar-refractivity contribution < 1.29 is 4.74 Å². The number of ether oxygens (including phenoxy) is 1. The molecule has 3 unspecified atom stereocenters. The largest absolute Gasteiger partial charge is 0.378 e. The molecule has 2 heterocycles. The molecule has 0 saturated carbocycles. The van der Waals surface area contributed by atoms with Crippen LogP contribution in [0.25, 0.3) is 0 Å². The first-order valence-corrected chi connectivity index (χ1v) is 7.48. The molecule has 0 amide bonds. The number of hydrogen-bond acceptors (Lipinski definition) is 3. The van der Waals surface area contributed by atoms with Crippen molar-refractivity contribution in [1.29, 1.82) is 0 Å². The molecule has 2 fully saturated rings. The Morgan fingerprint density at radius 3 is 3.07 bits per heavy atom. The van der Waals surface area contributed by atoms with Gasteiger partial charge < -0.3 is 10.1 Å². The maximum atomic E-state index is 5.71. The smallest absolute Gasteiger partial charge is 0.0613 e. The molecule has 0 aromatic rings. The molecule has 3 atom stereocenters. The second-order valence-corrected chi connectivity index (χ2v) is 5.84. The fourth-order valence-electron chi connectivity index (χ4n) is 2.60. The predicted molar refractivity (Wildman–Crippen MR) is 66.5 cm³/mol. The molecule has 2 nitrogen and oxygen atoms in total. The summed E-state index contributed by atoms with van der Waals surface area (Å²) in [6, 6.07) is 0.766. The van der Waals surface area contributed by atoms with Crippen LogP contribution in [-0.4, -0.2) is 36.8 Å². The molecular formula is C12H23NOS. The third kappa shape index (κ3) is 3.36. The van der Waals surface area contributed by atoms with E-state index in [1.165, 1.54) is 43.7 Å². The van der Waals surface area contributed by atoms with Gasteiger partial charge in [0, 0.05) is 24.9 Å². The van der Waals surface area contributed by atoms with E-state index in [2.05, 4.69) is 24.0 Å². The quantitative estimate of drug-likeness (QED) is 0.799. The van der Waals surface area contributed by atoms with E-state index in [0.717, 1.165) is 18.6 Å². The summed E-state index contributed by atoms with van der Waals surface area (Å²) in [5.41, 5.74) is 0. The van der Waals surface area contributed by atoms with E-state index in [-0.39, 0.29) is 0 Å². The average molecular weight is 229 g/mol. The van der Waals surface area contributed by atoms with Crippen LogP contribution < -0.4 is 5.32 Å². The summed E-state index contributed by atoms with van der Waals surface area (Å²) < 4.78 is 5.71. The van der Waals surface area contributed by atoms with Gasteiger partial charge >= 0.3 is 0 Å². The first-order valence-electron chi connectivity index (χ1n) is 6.33. The summed E-state index contributed by atoms with van der Waals surface area (Å²) in [5.74, 6) is 3.44. The van der Waals surface area contributed by atoms with Gasteiger partial charge in [0.25, 0.3) is 0 Å². The van der Waals surface area contributed by atoms with Crippen molar-refractivity contribution >= 4 is 11.8 Å². The predicted octanol–water partition coefficient (Wildman–Crippen LogP) is 2.29. The number of thioether (sulfide) groups is 1. The summed E-state index contributed by atoms with van der Waals surface area (Å²) >= 11 is 2.10. The Hall–Kier alpha value is 0.270. The van der Waals surface area contributed by atoms with Crippen LogP contribution in [0.15, 0.2) is 0 Å². The highest BCUT2D eigenvalue weighted by atomic mass is 32.2. The van der Waals surface area contributed by atoms with Gasteiger partial charge in [-0.1, -0.05) is 6.92 Å². The molecule has 0 aromatic heterocycles. The maximum absolute atomic E-state index is 5.71. The molecule has 0 spiro atoms. The van der Waals surface area contributed by atoms with Gasteiger partial charge in [-0.15, -0.1) is 0 Å². The Kier molecular flexibility index (Phi) is 4.79. The zero-order valence-electron chi connectivity index (χ0n) is 9.71. The Labute approximate surface area is 97.5 Å². The SMILES string of the molecule is CCC1OCCC1CNC1CCCSC1. The minimum absolute atomic E-state index is 0.522. The third-order valence-electron chi connectivity index (χ3n) is 3.58. The first-order chi connectivity index (χ1) is 7.40. The topological polar surface area (TPSA) is 21.3 Å². The molecule has 2 rings (SSSR count). The van der Waals surface area contributed by atoms with E-state index in [1.54, 1.807) is 0 Å². The minimum Gasteiger partial charge on any atom is -0.378 e. The van der Waals surface area contributed by atoms with Crippen molar-refractivity contribution in [3.05, 3.63) is 0 Å². The Bertz CT molecular complexity index is 182. The van der Waals surface area contributed by atoms with E-state index in [0.29, 0.717) is 6.10 Å². The molecule has 0 radical (unpaired) electrons. The lowest BCUT2D eigenvalue weighted by molar-refractivity contribution is 0.0867. The summed E-state index contributed by atoms with van der Waals surface area (Å²) in [6.07, 6.45) is 5.71. The van der Waals surface area contributed by atoms with Crippen LogP contribution in [0.3, 0.4) is 0 Å². The Morgan fingerprint density at radius 2 is 2.33 bits per heavy atom. The minimum atomic E-state index is 0.522. The van der Waals surface area contributed by atoms with Crippen LogP contribution in [0.4, 0.5) is 0 Å². The highest BCUT2D eigenvalue weighted by molar-refractivity contribution is 7.99. The maximum Gasteiger partial charge on any atom is 0.0613 e. The summed E-state index contributed by atoms with van der Waals surface area (Å²) in [7, 11) is 0. The van der Waals surface area contributed by atoms with E-state index in [9.17, 15) is 0 Å². The van der Waals surface area contributed by atoms with Crippen molar-refractivity contribution in [2.45, 2.75) is 44.8 Å². The molecule has 1 N–H and O–H groups in total. The van der Waals surface area contributed by atoms with Crippen molar-refractivity contribution in [2.75, 3.05) is 24.7 Å². The molecule has 0 bridgehead atoms. The lowest BCUT2D eigenvalue weighted by Crippen LogP contribution is -2.38. The summed E-state index contributed by atoms with van der Waals surface area (Å²) in [6.45, 7) is 4.38. The fraction of sp³-hybridized carbons (Fsp3) is 1.00. The van der Waals surface area contributed by atoms with Gasteiger partial charge in [-0.3, -0.25) is 0 Å². The van der Waals surface area contributed by atoms with E-state index >= 15 is 0 Å². The van der Waals surface area contributed by atoms with Crippen molar-refractivity contribution in [2.24, 2.45) is 5.92 Å². The molecule has 15 heavy (non-hydrogen) atoms. The zero-order valence-corrected chi connectivity index (χ0v) is 10.5. The molecular weight excluding hydrogens is 206 g/mol. The van der Waals surface area contributed by atoms with Gasteiger partial charge in [0.1, 0.15) is 0 Å². The number of hydrogen-bond donors (Lipinski definition) is 1. The first kappa shape index (κ1) is 11.7. The van der Waals surface area contributed by atoms with Gasteiger partial charge in [-0.25, -0.2) is 0 Å². The average Bonchev–Trinajstić information content (AvgIpc) is 2.75. The van der Waals surface area contributed by atoms with Gasteiger partial charge in [0.05, 0.1) is 6.10 Å². The fourth-order valence-corrected chi connectivity index (χ4v) is 3.70. The van der Waals surface area contributed by atoms with Crippen molar-refractivity contribution in [3.8, 4) is 0 Å². The van der Waals surface area contributed by atoms with Crippen LogP contribution in [0.2, 0.25) is 0 Å². The Morgan fingerprint density at radius 1 is 1.40 bits per heavy atom. The number of rotatable bonds is 4. The third-order valence-corrected chi connectivity index (χ3v) is 4.79. The Balaban J connectivity index is 1.67. The van der Waals surface area contributed by atoms with E-state index in [1.807, 2.05) is 0 Å². The lowest BCUT2D eigenvalue weighted by Gasteiger charge is -2.25. The lowest BCUT2D eigenvalue weighted by atomic mass is 9.99. The molecule has 0 aliphatic carbocycles. The highest BCUT2D eigenvalue weighted by Crippen LogP contribution is 2.23. The zero-order chi connectivity index (χ0) is 10.5. The molecule has 0 aromatic carbocycles. The number of nitrogens with one attached hydrogen (secondary N) is 1. The van der Waals surface area contributed by atoms with Gasteiger partial charge in [0.2, 0.25) is 0 Å². The van der Waals surface area contributed by atoms with Gasteiger partial charge in [0.15, 0.2) is 0 Å². The normalized spacial score (nSPS) is 37.0. The van der Waals surface area contributed by atoms with Crippen molar-refractivity contribution in [1.82, 2.24) is 5.32 Å². The second kappa shape index (κ2) is 6.12. The molecule has 3 heteroatoms. The van der Waals surface area contributed by atoms with Crippen LogP contribution in [0.5, 0.6) is 0 Å². The molecule has 2 aliphatic rings. The van der Waals surface area contributed by atoms with E-state index in [4.69, 9.17) is 4.74 Å². The van der Waals surface area contributed by atoms with Crippen molar-refractivity contribution in [3.63, 3.8) is 0 Å². The molecule has 2 saturated heterocycles. The van der Waals surface area contributed by atoms with Crippen LogP contribution in [-0.2, 0) is 4.74 Å². The van der Waals surface area contributed by atoms with Gasteiger partial charge in [-0.05, 0) is 37.4 Å². The van der Waals surface area contributed by atoms with Crippen LogP contribution in [0, 0.1) is 5.92 Å². The van der Waals surface area contributed by atoms with E-state index < -0.39 is 0 Å². The summed E-state index contributed by atoms with van der Waals surface area (Å²) in [4.78, 5) is 0. The standard InChI is InChI=1S/C12H23NOS/c1-2-12-10(5-6-14-12)8-13-11-4-3-7-15-9-11/h10-13H,2-9H2,1H3. The molecule has 2 aliphatic heterocycles. The second-order valence-electron chi connectivity index (χ2n) is 4.69. The van der Waals surface area contributed by atoms with Gasteiger partial charge in [-0.2, -0.15) is 11.8 Å². The highest BCUT2D eigenvalue weighted by Gasteiger charge is 2.27. The monoisotopic (exact) mass is 229 g/mol. The molecule has 88 valence electrons.